The van der Waals surface area contributed by atoms with Gasteiger partial charge in [-0.2, -0.15) is 0 Å². The molecule has 0 aliphatic rings. The van der Waals surface area contributed by atoms with Gasteiger partial charge in [-0.25, -0.2) is 0 Å². The Hall–Kier alpha value is -2.05. The van der Waals surface area contributed by atoms with Gasteiger partial charge >= 0.3 is 0 Å². The van der Waals surface area contributed by atoms with E-state index in [4.69, 9.17) is 14.0 Å². The van der Waals surface area contributed by atoms with E-state index in [0.29, 0.717) is 18.8 Å². The second-order valence-electron chi connectivity index (χ2n) is 4.27. The molecule has 0 amide bonds. The zero-order chi connectivity index (χ0) is 14.2. The van der Waals surface area contributed by atoms with Gasteiger partial charge in [-0.05, 0) is 12.1 Å². The third kappa shape index (κ3) is 4.56. The molecule has 2 N–H and O–H groups in total. The number of nitrogens with one attached hydrogen (secondary N) is 1. The molecule has 0 radical (unpaired) electrons. The van der Waals surface area contributed by atoms with E-state index in [1.54, 1.807) is 19.2 Å². The van der Waals surface area contributed by atoms with Gasteiger partial charge in [0.05, 0.1) is 12.8 Å². The summed E-state index contributed by atoms with van der Waals surface area (Å²) in [4.78, 5) is 0. The zero-order valence-electron chi connectivity index (χ0n) is 11.3. The van der Waals surface area contributed by atoms with Crippen LogP contribution in [0.2, 0.25) is 0 Å². The van der Waals surface area contributed by atoms with Gasteiger partial charge in [-0.1, -0.05) is 11.2 Å². The molecule has 1 heterocycles. The lowest BCUT2D eigenvalue weighted by atomic mass is 10.3. The smallest absolute Gasteiger partial charge is 0.124 e. The molecule has 1 unspecified atom stereocenters. The molecule has 0 spiro atoms. The van der Waals surface area contributed by atoms with E-state index in [9.17, 15) is 5.11 Å². The summed E-state index contributed by atoms with van der Waals surface area (Å²) in [6.07, 6.45) is 0.910. The molecule has 0 bridgehead atoms. The van der Waals surface area contributed by atoms with Gasteiger partial charge in [-0.3, -0.25) is 0 Å². The van der Waals surface area contributed by atoms with Crippen molar-refractivity contribution in [3.05, 3.63) is 42.3 Å². The van der Waals surface area contributed by atoms with Crippen LogP contribution in [0.4, 0.5) is 0 Å². The van der Waals surface area contributed by atoms with Crippen LogP contribution >= 0.6 is 0 Å². The van der Waals surface area contributed by atoms with Crippen LogP contribution in [0.5, 0.6) is 11.5 Å². The van der Waals surface area contributed by atoms with Crippen LogP contribution in [0.25, 0.3) is 0 Å². The van der Waals surface area contributed by atoms with Crippen LogP contribution in [-0.4, -0.2) is 36.6 Å². The molecule has 2 aromatic rings. The van der Waals surface area contributed by atoms with Crippen molar-refractivity contribution in [3.63, 3.8) is 0 Å². The number of aliphatic hydroxyl groups excluding tert-OH is 1. The molecule has 108 valence electrons. The van der Waals surface area contributed by atoms with Crippen LogP contribution in [0.1, 0.15) is 5.69 Å². The maximum Gasteiger partial charge on any atom is 0.124 e. The lowest BCUT2D eigenvalue weighted by molar-refractivity contribution is 0.106. The fraction of sp³-hybridized carbons (Fsp3) is 0.357. The molecule has 2 rings (SSSR count). The van der Waals surface area contributed by atoms with Crippen molar-refractivity contribution in [2.24, 2.45) is 0 Å². The average Bonchev–Trinajstić information content (AvgIpc) is 2.98. The second kappa shape index (κ2) is 7.52. The highest BCUT2D eigenvalue weighted by Gasteiger charge is 2.06. The molecule has 1 aromatic carbocycles. The van der Waals surface area contributed by atoms with Crippen molar-refractivity contribution in [2.45, 2.75) is 12.6 Å². The van der Waals surface area contributed by atoms with Gasteiger partial charge in [0.25, 0.3) is 0 Å². The number of hydrogen-bond acceptors (Lipinski definition) is 6. The number of benzene rings is 1. The summed E-state index contributed by atoms with van der Waals surface area (Å²) in [6, 6.07) is 9.03. The predicted octanol–water partition coefficient (Wildman–Crippen LogP) is 1.21. The van der Waals surface area contributed by atoms with Crippen molar-refractivity contribution in [1.29, 1.82) is 0 Å². The van der Waals surface area contributed by atoms with Crippen molar-refractivity contribution in [3.8, 4) is 11.5 Å². The lowest BCUT2D eigenvalue weighted by Gasteiger charge is -2.13. The molecule has 1 aromatic heterocycles. The molecular weight excluding hydrogens is 260 g/mol. The van der Waals surface area contributed by atoms with Gasteiger partial charge in [0.15, 0.2) is 0 Å². The van der Waals surface area contributed by atoms with E-state index in [1.807, 2.05) is 18.2 Å². The highest BCUT2D eigenvalue weighted by Crippen LogP contribution is 2.18. The molecule has 0 fully saturated rings. The monoisotopic (exact) mass is 278 g/mol. The van der Waals surface area contributed by atoms with E-state index in [-0.39, 0.29) is 6.61 Å². The SMILES string of the molecule is COc1cccc(OCC(O)CNCc2ccon2)c1. The Balaban J connectivity index is 1.67. The van der Waals surface area contributed by atoms with Gasteiger partial charge in [0, 0.05) is 25.2 Å². The van der Waals surface area contributed by atoms with Crippen LogP contribution in [0.15, 0.2) is 41.1 Å². The molecule has 0 saturated carbocycles. The van der Waals surface area contributed by atoms with Crippen LogP contribution in [-0.2, 0) is 6.54 Å². The summed E-state index contributed by atoms with van der Waals surface area (Å²) in [5, 5.41) is 16.6. The molecule has 6 heteroatoms. The number of aliphatic hydroxyl groups is 1. The number of methoxy groups -OCH3 is 1. The van der Waals surface area contributed by atoms with E-state index in [0.717, 1.165) is 11.4 Å². The normalized spacial score (nSPS) is 12.1. The first-order chi connectivity index (χ1) is 9.78. The molecule has 0 aliphatic heterocycles. The van der Waals surface area contributed by atoms with Crippen molar-refractivity contribution in [2.75, 3.05) is 20.3 Å². The molecule has 0 aliphatic carbocycles. The topological polar surface area (TPSA) is 76.8 Å². The van der Waals surface area contributed by atoms with Gasteiger partial charge in [0.2, 0.25) is 0 Å². The quantitative estimate of drug-likeness (QED) is 0.756. The highest BCUT2D eigenvalue weighted by atomic mass is 16.5. The maximum atomic E-state index is 9.80. The Bertz CT molecular complexity index is 502. The van der Waals surface area contributed by atoms with Crippen LogP contribution in [0, 0.1) is 0 Å². The molecule has 6 nitrogen and oxygen atoms in total. The number of aromatic nitrogens is 1. The van der Waals surface area contributed by atoms with E-state index < -0.39 is 6.10 Å². The fourth-order valence-corrected chi connectivity index (χ4v) is 1.64. The Morgan fingerprint density at radius 1 is 1.35 bits per heavy atom. The highest BCUT2D eigenvalue weighted by molar-refractivity contribution is 5.32. The van der Waals surface area contributed by atoms with Gasteiger partial charge < -0.3 is 24.4 Å². The number of ether oxygens (including phenoxy) is 2. The van der Waals surface area contributed by atoms with E-state index in [2.05, 4.69) is 10.5 Å². The predicted molar refractivity (Wildman–Crippen MR) is 72.7 cm³/mol. The van der Waals surface area contributed by atoms with Gasteiger partial charge in [0.1, 0.15) is 30.5 Å². The number of hydrogen-bond donors (Lipinski definition) is 2. The minimum absolute atomic E-state index is 0.207. The summed E-state index contributed by atoms with van der Waals surface area (Å²) < 4.78 is 15.3. The summed E-state index contributed by atoms with van der Waals surface area (Å²) >= 11 is 0. The van der Waals surface area contributed by atoms with Crippen LogP contribution < -0.4 is 14.8 Å². The maximum absolute atomic E-state index is 9.80. The van der Waals surface area contributed by atoms with Crippen LogP contribution in [0.3, 0.4) is 0 Å². The molecule has 20 heavy (non-hydrogen) atoms. The zero-order valence-corrected chi connectivity index (χ0v) is 11.3. The first-order valence-electron chi connectivity index (χ1n) is 6.33. The first kappa shape index (κ1) is 14.4. The molecule has 0 saturated heterocycles. The summed E-state index contributed by atoms with van der Waals surface area (Å²) in [7, 11) is 1.60. The third-order valence-corrected chi connectivity index (χ3v) is 2.66. The Labute approximate surface area is 117 Å². The minimum Gasteiger partial charge on any atom is -0.497 e. The summed E-state index contributed by atoms with van der Waals surface area (Å²) in [5.74, 6) is 1.39. The van der Waals surface area contributed by atoms with E-state index >= 15 is 0 Å². The summed E-state index contributed by atoms with van der Waals surface area (Å²) in [6.45, 7) is 1.17. The van der Waals surface area contributed by atoms with Gasteiger partial charge in [-0.15, -0.1) is 0 Å². The number of rotatable bonds is 8. The first-order valence-corrected chi connectivity index (χ1v) is 6.33. The number of nitrogens with zero attached hydrogens (tertiary/aromatic N) is 1. The molecular formula is C14H18N2O4. The van der Waals surface area contributed by atoms with E-state index in [1.165, 1.54) is 6.26 Å². The lowest BCUT2D eigenvalue weighted by Crippen LogP contribution is -2.31. The average molecular weight is 278 g/mol. The second-order valence-corrected chi connectivity index (χ2v) is 4.27. The largest absolute Gasteiger partial charge is 0.497 e. The molecule has 1 atom stereocenters. The minimum atomic E-state index is -0.604. The standard InChI is InChI=1S/C14H18N2O4/c1-18-13-3-2-4-14(7-13)19-10-12(17)9-15-8-11-5-6-20-16-11/h2-7,12,15,17H,8-10H2,1H3. The van der Waals surface area contributed by atoms with Crippen molar-refractivity contribution in [1.82, 2.24) is 10.5 Å². The third-order valence-electron chi connectivity index (χ3n) is 2.66. The van der Waals surface area contributed by atoms with Crippen molar-refractivity contribution >= 4 is 0 Å². The summed E-state index contributed by atoms with van der Waals surface area (Å²) in [5.41, 5.74) is 0.797. The Morgan fingerprint density at radius 2 is 2.20 bits per heavy atom. The fourth-order valence-electron chi connectivity index (χ4n) is 1.64. The Kier molecular flexibility index (Phi) is 5.40. The van der Waals surface area contributed by atoms with Crippen molar-refractivity contribution < 1.29 is 19.1 Å². The Morgan fingerprint density at radius 3 is 2.95 bits per heavy atom.